The molecule has 0 aromatic carbocycles. The second-order valence-electron chi connectivity index (χ2n) is 11.1. The molecule has 4 aliphatic rings. The first kappa shape index (κ1) is 26.6. The van der Waals surface area contributed by atoms with Gasteiger partial charge < -0.3 is 28.8 Å². The highest BCUT2D eigenvalue weighted by Crippen LogP contribution is 2.65. The lowest BCUT2D eigenvalue weighted by atomic mass is 9.53. The molecule has 200 valence electrons. The van der Waals surface area contributed by atoms with Crippen LogP contribution in [-0.4, -0.2) is 70.7 Å². The molecular formula is C26H36O10. The third-order valence-corrected chi connectivity index (χ3v) is 8.75. The van der Waals surface area contributed by atoms with Gasteiger partial charge in [-0.2, -0.15) is 0 Å². The lowest BCUT2D eigenvalue weighted by Crippen LogP contribution is -2.66. The second-order valence-corrected chi connectivity index (χ2v) is 11.1. The highest BCUT2D eigenvalue weighted by Gasteiger charge is 2.87. The third kappa shape index (κ3) is 3.84. The van der Waals surface area contributed by atoms with Crippen LogP contribution >= 0.6 is 0 Å². The van der Waals surface area contributed by atoms with E-state index < -0.39 is 82.8 Å². The number of aliphatic hydroxyl groups is 1. The molecule has 0 bridgehead atoms. The molecule has 2 heterocycles. The summed E-state index contributed by atoms with van der Waals surface area (Å²) in [5.74, 6) is -3.47. The summed E-state index contributed by atoms with van der Waals surface area (Å²) in [6, 6.07) is 0. The van der Waals surface area contributed by atoms with Crippen molar-refractivity contribution in [2.45, 2.75) is 109 Å². The Morgan fingerprint density at radius 1 is 1.03 bits per heavy atom. The molecule has 10 atom stereocenters. The lowest BCUT2D eigenvalue weighted by Gasteiger charge is -2.56. The van der Waals surface area contributed by atoms with Crippen LogP contribution < -0.4 is 0 Å². The summed E-state index contributed by atoms with van der Waals surface area (Å²) in [7, 11) is 0. The number of hydrogen-bond donors (Lipinski definition) is 1. The Morgan fingerprint density at radius 3 is 2.17 bits per heavy atom. The maximum absolute atomic E-state index is 12.9. The van der Waals surface area contributed by atoms with Crippen LogP contribution in [0.25, 0.3) is 0 Å². The first-order valence-electron chi connectivity index (χ1n) is 12.5. The zero-order chi connectivity index (χ0) is 26.8. The van der Waals surface area contributed by atoms with Crippen molar-refractivity contribution in [1.29, 1.82) is 0 Å². The van der Waals surface area contributed by atoms with E-state index in [-0.39, 0.29) is 6.42 Å². The minimum absolute atomic E-state index is 0.108. The van der Waals surface area contributed by atoms with Crippen molar-refractivity contribution in [3.63, 3.8) is 0 Å². The average molecular weight is 509 g/mol. The fourth-order valence-corrected chi connectivity index (χ4v) is 6.92. The Bertz CT molecular complexity index is 1000. The number of epoxide rings is 1. The maximum Gasteiger partial charge on any atom is 0.342 e. The maximum atomic E-state index is 12.9. The number of aliphatic hydroxyl groups excluding tert-OH is 1. The monoisotopic (exact) mass is 508 g/mol. The molecule has 1 N–H and O–H groups in total. The van der Waals surface area contributed by atoms with Crippen LogP contribution in [0.5, 0.6) is 0 Å². The van der Waals surface area contributed by atoms with Crippen molar-refractivity contribution < 1.29 is 48.0 Å². The Morgan fingerprint density at radius 2 is 1.61 bits per heavy atom. The number of allylic oxidation sites excluding steroid dienone is 1. The molecule has 2 aliphatic heterocycles. The Kier molecular flexibility index (Phi) is 6.53. The minimum Gasteiger partial charge on any atom is -0.462 e. The molecule has 1 unspecified atom stereocenters. The van der Waals surface area contributed by atoms with Crippen molar-refractivity contribution >= 4 is 23.9 Å². The largest absolute Gasteiger partial charge is 0.462 e. The van der Waals surface area contributed by atoms with E-state index in [1.807, 2.05) is 20.8 Å². The second kappa shape index (κ2) is 8.83. The van der Waals surface area contributed by atoms with E-state index >= 15 is 0 Å². The van der Waals surface area contributed by atoms with Gasteiger partial charge >= 0.3 is 23.9 Å². The van der Waals surface area contributed by atoms with Gasteiger partial charge in [0.2, 0.25) is 0 Å². The summed E-state index contributed by atoms with van der Waals surface area (Å²) in [6.45, 7) is 11.0. The number of esters is 4. The molecule has 0 amide bonds. The summed E-state index contributed by atoms with van der Waals surface area (Å²) in [5.41, 5.74) is -2.95. The van der Waals surface area contributed by atoms with Gasteiger partial charge in [0.05, 0.1) is 6.10 Å². The molecule has 4 rings (SSSR count). The first-order valence-corrected chi connectivity index (χ1v) is 12.5. The molecule has 3 fully saturated rings. The van der Waals surface area contributed by atoms with E-state index in [0.29, 0.717) is 12.8 Å². The van der Waals surface area contributed by atoms with Gasteiger partial charge in [0.15, 0.2) is 17.3 Å². The van der Waals surface area contributed by atoms with E-state index in [0.717, 1.165) is 5.57 Å². The van der Waals surface area contributed by atoms with E-state index in [4.69, 9.17) is 23.7 Å². The van der Waals surface area contributed by atoms with Crippen LogP contribution in [0, 0.1) is 17.3 Å². The average Bonchev–Trinajstić information content (AvgIpc) is 3.34. The van der Waals surface area contributed by atoms with Gasteiger partial charge in [-0.3, -0.25) is 14.4 Å². The third-order valence-electron chi connectivity index (χ3n) is 8.75. The van der Waals surface area contributed by atoms with Gasteiger partial charge in [0.1, 0.15) is 18.3 Å². The van der Waals surface area contributed by atoms with Crippen molar-refractivity contribution in [3.05, 3.63) is 11.6 Å². The molecule has 0 aromatic heterocycles. The van der Waals surface area contributed by atoms with Crippen LogP contribution in [0.2, 0.25) is 0 Å². The molecule has 10 nitrogen and oxygen atoms in total. The molecule has 2 aliphatic carbocycles. The van der Waals surface area contributed by atoms with Gasteiger partial charge in [0.25, 0.3) is 0 Å². The Hall–Kier alpha value is -2.46. The van der Waals surface area contributed by atoms with E-state index in [1.54, 1.807) is 13.0 Å². The standard InChI is InChI=1S/C26H36O10/c1-12-8-9-18(32-14(3)27)24(6)19(33-15(4)28)11-17(30)13(2)21(24)22(34-16(5)29)26-20(10-12)35-23(31)25(26,7)36-26/h10,13,17-22,30H,8-9,11H2,1-7H3/b12-10-/t13-,17+,18+,19-,20-,21+,22+,24-,25?,26-/m0/s1. The summed E-state index contributed by atoms with van der Waals surface area (Å²) in [4.78, 5) is 49.9. The van der Waals surface area contributed by atoms with Crippen molar-refractivity contribution in [2.24, 2.45) is 17.3 Å². The molecule has 0 aromatic rings. The zero-order valence-corrected chi connectivity index (χ0v) is 21.9. The minimum atomic E-state index is -1.37. The van der Waals surface area contributed by atoms with Crippen LogP contribution in [0.1, 0.15) is 67.7 Å². The molecule has 1 spiro atoms. The molecule has 2 saturated heterocycles. The van der Waals surface area contributed by atoms with E-state index in [9.17, 15) is 24.3 Å². The van der Waals surface area contributed by atoms with Crippen molar-refractivity contribution in [3.8, 4) is 0 Å². The van der Waals surface area contributed by atoms with Crippen LogP contribution in [0.15, 0.2) is 11.6 Å². The van der Waals surface area contributed by atoms with Gasteiger partial charge in [-0.05, 0) is 38.7 Å². The number of rotatable bonds is 3. The number of fused-ring (bicyclic) bond motifs is 1. The van der Waals surface area contributed by atoms with Crippen molar-refractivity contribution in [1.82, 2.24) is 0 Å². The summed E-state index contributed by atoms with van der Waals surface area (Å²) in [6.07, 6.45) is -1.66. The van der Waals surface area contributed by atoms with Crippen LogP contribution in [0.3, 0.4) is 0 Å². The Labute approximate surface area is 210 Å². The molecule has 0 radical (unpaired) electrons. The molecular weight excluding hydrogens is 472 g/mol. The highest BCUT2D eigenvalue weighted by atomic mass is 16.7. The van der Waals surface area contributed by atoms with E-state index in [1.165, 1.54) is 20.8 Å². The zero-order valence-electron chi connectivity index (χ0n) is 21.9. The smallest absolute Gasteiger partial charge is 0.342 e. The molecule has 36 heavy (non-hydrogen) atoms. The topological polar surface area (TPSA) is 138 Å². The Balaban J connectivity index is 1.99. The van der Waals surface area contributed by atoms with Gasteiger partial charge in [0, 0.05) is 38.5 Å². The number of carbonyl (C=O) groups is 4. The normalized spacial score (nSPS) is 47.1. The van der Waals surface area contributed by atoms with E-state index in [2.05, 4.69) is 0 Å². The van der Waals surface area contributed by atoms with Crippen molar-refractivity contribution in [2.75, 3.05) is 0 Å². The predicted molar refractivity (Wildman–Crippen MR) is 123 cm³/mol. The highest BCUT2D eigenvalue weighted by molar-refractivity contribution is 5.89. The molecule has 1 saturated carbocycles. The summed E-state index contributed by atoms with van der Waals surface area (Å²) in [5, 5.41) is 11.1. The summed E-state index contributed by atoms with van der Waals surface area (Å²) < 4.78 is 29.5. The fraction of sp³-hybridized carbons (Fsp3) is 0.769. The predicted octanol–water partition coefficient (Wildman–Crippen LogP) is 2.00. The number of hydrogen-bond acceptors (Lipinski definition) is 10. The fourth-order valence-electron chi connectivity index (χ4n) is 6.92. The van der Waals surface area contributed by atoms with Gasteiger partial charge in [-0.15, -0.1) is 0 Å². The first-order chi connectivity index (χ1) is 16.7. The SMILES string of the molecule is CC(=O)O[C@H]1C[C@@H](O)[C@H](C)[C@@H]2[C@@H](OC(C)=O)[C@]34OC3(C)C(=O)O[C@H]4/C=C(/C)CC[C@@H](OC(C)=O)[C@]21C. The summed E-state index contributed by atoms with van der Waals surface area (Å²) >= 11 is 0. The number of ether oxygens (including phenoxy) is 5. The lowest BCUT2D eigenvalue weighted by molar-refractivity contribution is -0.231. The number of carbonyl (C=O) groups excluding carboxylic acids is 4. The van der Waals surface area contributed by atoms with Crippen LogP contribution in [0.4, 0.5) is 0 Å². The van der Waals surface area contributed by atoms with Gasteiger partial charge in [-0.25, -0.2) is 4.79 Å². The quantitative estimate of drug-likeness (QED) is 0.261. The van der Waals surface area contributed by atoms with Gasteiger partial charge in [-0.1, -0.05) is 19.4 Å². The molecule has 10 heteroatoms. The van der Waals surface area contributed by atoms with Crippen LogP contribution in [-0.2, 0) is 42.9 Å².